The maximum atomic E-state index is 13.2. The van der Waals surface area contributed by atoms with Gasteiger partial charge in [-0.3, -0.25) is 37.3 Å². The first-order valence-corrected chi connectivity index (χ1v) is 48.0. The number of hydrogen-bond acceptors (Lipinski definition) is 15. The van der Waals surface area contributed by atoms with E-state index in [9.17, 15) is 43.2 Å². The Hall–Kier alpha value is -1.94. The van der Waals surface area contributed by atoms with Gasteiger partial charge in [-0.25, -0.2) is 9.13 Å². The Labute approximate surface area is 651 Å². The lowest BCUT2D eigenvalue weighted by molar-refractivity contribution is -0.161. The van der Waals surface area contributed by atoms with Crippen LogP contribution in [-0.4, -0.2) is 96.7 Å². The highest BCUT2D eigenvalue weighted by Gasteiger charge is 2.30. The molecule has 630 valence electrons. The van der Waals surface area contributed by atoms with Crippen molar-refractivity contribution in [2.75, 3.05) is 39.6 Å². The third kappa shape index (κ3) is 80.1. The lowest BCUT2D eigenvalue weighted by Gasteiger charge is -2.21. The molecule has 0 saturated carbocycles. The van der Waals surface area contributed by atoms with E-state index in [4.69, 9.17) is 37.0 Å². The van der Waals surface area contributed by atoms with Crippen molar-refractivity contribution in [3.63, 3.8) is 0 Å². The molecule has 5 atom stereocenters. The van der Waals surface area contributed by atoms with Gasteiger partial charge in [0, 0.05) is 25.7 Å². The van der Waals surface area contributed by atoms with E-state index in [2.05, 4.69) is 41.5 Å². The zero-order valence-corrected chi connectivity index (χ0v) is 71.5. The number of phosphoric ester groups is 2. The van der Waals surface area contributed by atoms with Gasteiger partial charge in [-0.1, -0.05) is 414 Å². The minimum absolute atomic E-state index is 0.108. The number of hydrogen-bond donors (Lipinski definition) is 3. The molecule has 17 nitrogen and oxygen atoms in total. The Bertz CT molecular complexity index is 2030. The molecule has 3 N–H and O–H groups in total. The second-order valence-electron chi connectivity index (χ2n) is 32.2. The summed E-state index contributed by atoms with van der Waals surface area (Å²) in [6.07, 6.45) is 71.0. The zero-order valence-electron chi connectivity index (χ0n) is 69.7. The van der Waals surface area contributed by atoms with Crippen LogP contribution < -0.4 is 0 Å². The molecule has 0 amide bonds. The summed E-state index contributed by atoms with van der Waals surface area (Å²) < 4.78 is 68.9. The van der Waals surface area contributed by atoms with Crippen molar-refractivity contribution in [2.45, 2.75) is 484 Å². The molecule has 0 fully saturated rings. The molecule has 0 saturated heterocycles. The van der Waals surface area contributed by atoms with Crippen LogP contribution in [0.3, 0.4) is 0 Å². The molecule has 0 rings (SSSR count). The number of aliphatic hydroxyl groups excluding tert-OH is 1. The zero-order chi connectivity index (χ0) is 77.8. The van der Waals surface area contributed by atoms with Crippen molar-refractivity contribution in [1.29, 1.82) is 0 Å². The van der Waals surface area contributed by atoms with Crippen molar-refractivity contribution in [3.05, 3.63) is 0 Å². The molecule has 0 aromatic rings. The Morgan fingerprint density at radius 1 is 0.255 bits per heavy atom. The standard InChI is InChI=1S/C87H170O17P2/c1-7-9-11-13-15-17-19-21-23-25-26-27-28-29-35-39-43-47-53-60-66-71-86(91)103-82(75-97-84(89)69-63-57-51-45-41-37-34-31-30-32-36-40-44-49-55-61-67-79(3)4)77-101-105(93,94)99-73-81(88)74-100-106(95,96)102-78-83(76-98-85(90)70-64-58-54-48-50-56-62-68-80(5)6)104-87(92)72-65-59-52-46-42-38-33-24-22-20-18-16-14-12-10-8-2/h79-83,88H,7-78H2,1-6H3,(H,93,94)(H,95,96)/t81-,82-,83-/m1/s1. The molecule has 0 aliphatic heterocycles. The first-order chi connectivity index (χ1) is 51.4. The van der Waals surface area contributed by atoms with Gasteiger partial charge in [0.05, 0.1) is 26.4 Å². The molecule has 2 unspecified atom stereocenters. The summed E-state index contributed by atoms with van der Waals surface area (Å²) in [5, 5.41) is 10.7. The third-order valence-electron chi connectivity index (χ3n) is 20.5. The highest BCUT2D eigenvalue weighted by molar-refractivity contribution is 7.47. The van der Waals surface area contributed by atoms with E-state index in [1.807, 2.05) is 0 Å². The molecule has 19 heteroatoms. The van der Waals surface area contributed by atoms with Crippen LogP contribution in [-0.2, 0) is 65.4 Å². The Balaban J connectivity index is 5.22. The quantitative estimate of drug-likeness (QED) is 0.0222. The minimum Gasteiger partial charge on any atom is -0.462 e. The van der Waals surface area contributed by atoms with Crippen LogP contribution >= 0.6 is 15.6 Å². The van der Waals surface area contributed by atoms with Gasteiger partial charge >= 0.3 is 39.5 Å². The lowest BCUT2D eigenvalue weighted by Crippen LogP contribution is -2.30. The van der Waals surface area contributed by atoms with Crippen molar-refractivity contribution >= 4 is 39.5 Å². The molecule has 0 aliphatic carbocycles. The molecule has 0 aromatic carbocycles. The lowest BCUT2D eigenvalue weighted by atomic mass is 10.0. The third-order valence-corrected chi connectivity index (χ3v) is 22.4. The van der Waals surface area contributed by atoms with Crippen LogP contribution in [0.5, 0.6) is 0 Å². The summed E-state index contributed by atoms with van der Waals surface area (Å²) >= 11 is 0. The van der Waals surface area contributed by atoms with Gasteiger partial charge in [0.25, 0.3) is 0 Å². The van der Waals surface area contributed by atoms with Gasteiger partial charge in [0.2, 0.25) is 0 Å². The van der Waals surface area contributed by atoms with Crippen LogP contribution in [0.1, 0.15) is 465 Å². The fraction of sp³-hybridized carbons (Fsp3) is 0.954. The summed E-state index contributed by atoms with van der Waals surface area (Å²) in [7, 11) is -9.93. The summed E-state index contributed by atoms with van der Waals surface area (Å²) in [6.45, 7) is 9.65. The number of rotatable bonds is 86. The predicted octanol–water partition coefficient (Wildman–Crippen LogP) is 26.6. The summed E-state index contributed by atoms with van der Waals surface area (Å²) in [5.74, 6) is -0.584. The molecule has 0 bridgehead atoms. The SMILES string of the molecule is CCCCCCCCCCCCCCCCCCCCCCCC(=O)O[C@H](COC(=O)CCCCCCCCCCCCCCCCCCC(C)C)COP(=O)(O)OC[C@@H](O)COP(=O)(O)OC[C@@H](COC(=O)CCCCCCCCCC(C)C)OC(=O)CCCCCCCCCCCCCCCCCC. The highest BCUT2D eigenvalue weighted by atomic mass is 31.2. The Morgan fingerprint density at radius 2 is 0.434 bits per heavy atom. The van der Waals surface area contributed by atoms with Crippen LogP contribution in [0.4, 0.5) is 0 Å². The fourth-order valence-corrected chi connectivity index (χ4v) is 15.2. The molecular weight excluding hydrogens is 1380 g/mol. The predicted molar refractivity (Wildman–Crippen MR) is 437 cm³/mol. The molecular formula is C87H170O17P2. The second-order valence-corrected chi connectivity index (χ2v) is 35.1. The average Bonchev–Trinajstić information content (AvgIpc) is 0.900. The molecule has 0 radical (unpaired) electrons. The van der Waals surface area contributed by atoms with Gasteiger partial charge in [-0.2, -0.15) is 0 Å². The normalized spacial score (nSPS) is 13.8. The molecule has 0 spiro atoms. The summed E-state index contributed by atoms with van der Waals surface area (Å²) in [4.78, 5) is 73.2. The largest absolute Gasteiger partial charge is 0.472 e. The number of phosphoric acid groups is 2. The van der Waals surface area contributed by atoms with Crippen molar-refractivity contribution in [3.8, 4) is 0 Å². The van der Waals surface area contributed by atoms with Gasteiger partial charge in [-0.15, -0.1) is 0 Å². The van der Waals surface area contributed by atoms with Crippen LogP contribution in [0.25, 0.3) is 0 Å². The van der Waals surface area contributed by atoms with E-state index in [0.717, 1.165) is 102 Å². The van der Waals surface area contributed by atoms with E-state index < -0.39 is 97.5 Å². The van der Waals surface area contributed by atoms with Gasteiger partial charge in [-0.05, 0) is 37.5 Å². The maximum absolute atomic E-state index is 13.2. The number of ether oxygens (including phenoxy) is 4. The van der Waals surface area contributed by atoms with Crippen molar-refractivity contribution in [1.82, 2.24) is 0 Å². The maximum Gasteiger partial charge on any atom is 0.472 e. The van der Waals surface area contributed by atoms with Crippen LogP contribution in [0, 0.1) is 11.8 Å². The average molecular weight is 1550 g/mol. The molecule has 0 heterocycles. The van der Waals surface area contributed by atoms with E-state index in [1.54, 1.807) is 0 Å². The Morgan fingerprint density at radius 3 is 0.642 bits per heavy atom. The summed E-state index contributed by atoms with van der Waals surface area (Å²) in [5.41, 5.74) is 0. The van der Waals surface area contributed by atoms with Gasteiger partial charge < -0.3 is 33.8 Å². The van der Waals surface area contributed by atoms with E-state index >= 15 is 0 Å². The first-order valence-electron chi connectivity index (χ1n) is 45.0. The van der Waals surface area contributed by atoms with Crippen molar-refractivity contribution in [2.24, 2.45) is 11.8 Å². The Kier molecular flexibility index (Phi) is 76.9. The monoisotopic (exact) mass is 1550 g/mol. The van der Waals surface area contributed by atoms with Crippen LogP contribution in [0.15, 0.2) is 0 Å². The smallest absolute Gasteiger partial charge is 0.462 e. The van der Waals surface area contributed by atoms with Gasteiger partial charge in [0.15, 0.2) is 12.2 Å². The molecule has 0 aliphatic rings. The molecule has 106 heavy (non-hydrogen) atoms. The minimum atomic E-state index is -4.97. The highest BCUT2D eigenvalue weighted by Crippen LogP contribution is 2.45. The molecule has 0 aromatic heterocycles. The second kappa shape index (κ2) is 78.3. The number of carbonyl (C=O) groups excluding carboxylic acids is 4. The first kappa shape index (κ1) is 104. The van der Waals surface area contributed by atoms with Crippen LogP contribution in [0.2, 0.25) is 0 Å². The number of aliphatic hydroxyl groups is 1. The summed E-state index contributed by atoms with van der Waals surface area (Å²) in [6, 6.07) is 0. The number of carbonyl (C=O) groups is 4. The topological polar surface area (TPSA) is 237 Å². The van der Waals surface area contributed by atoms with E-state index in [1.165, 1.54) is 276 Å². The fourth-order valence-electron chi connectivity index (χ4n) is 13.6. The van der Waals surface area contributed by atoms with E-state index in [0.29, 0.717) is 31.6 Å². The van der Waals surface area contributed by atoms with E-state index in [-0.39, 0.29) is 25.7 Å². The van der Waals surface area contributed by atoms with Crippen molar-refractivity contribution < 1.29 is 80.2 Å². The van der Waals surface area contributed by atoms with Gasteiger partial charge in [0.1, 0.15) is 19.3 Å². The number of esters is 4. The number of unbranched alkanes of at least 4 members (excludes halogenated alkanes) is 56.